The number of carbonyl (C=O) groups is 1. The van der Waals surface area contributed by atoms with E-state index in [9.17, 15) is 14.9 Å². The minimum absolute atomic E-state index is 0.0158. The summed E-state index contributed by atoms with van der Waals surface area (Å²) in [4.78, 5) is 26.7. The lowest BCUT2D eigenvalue weighted by Crippen LogP contribution is -2.50. The molecule has 2 aromatic rings. The SMILES string of the molecule is Cc1cc(OCC(=O)N2CCN(c3ccc([N+](=O)[O-])cc3)CC2)cc(C)c1Cl. The lowest BCUT2D eigenvalue weighted by atomic mass is 10.1. The van der Waals surface area contributed by atoms with Crippen LogP contribution in [0, 0.1) is 24.0 Å². The van der Waals surface area contributed by atoms with Gasteiger partial charge in [-0.1, -0.05) is 11.6 Å². The number of benzene rings is 2. The molecule has 28 heavy (non-hydrogen) atoms. The summed E-state index contributed by atoms with van der Waals surface area (Å²) in [5, 5.41) is 11.5. The number of rotatable bonds is 5. The Morgan fingerprint density at radius 3 is 2.21 bits per heavy atom. The van der Waals surface area contributed by atoms with Gasteiger partial charge < -0.3 is 14.5 Å². The van der Waals surface area contributed by atoms with Gasteiger partial charge in [0.25, 0.3) is 11.6 Å². The Balaban J connectivity index is 1.51. The van der Waals surface area contributed by atoms with Gasteiger partial charge >= 0.3 is 0 Å². The van der Waals surface area contributed by atoms with Gasteiger partial charge in [0.2, 0.25) is 0 Å². The predicted octanol–water partition coefficient (Wildman–Crippen LogP) is 3.59. The van der Waals surface area contributed by atoms with Crippen LogP contribution in [0.5, 0.6) is 5.75 Å². The number of halogens is 1. The summed E-state index contributed by atoms with van der Waals surface area (Å²) in [6.45, 7) is 6.29. The summed E-state index contributed by atoms with van der Waals surface area (Å²) in [5.41, 5.74) is 2.82. The van der Waals surface area contributed by atoms with Crippen molar-refractivity contribution in [1.82, 2.24) is 4.90 Å². The number of nitro groups is 1. The number of piperazine rings is 1. The van der Waals surface area contributed by atoms with Crippen LogP contribution in [0.15, 0.2) is 36.4 Å². The molecule has 0 saturated carbocycles. The van der Waals surface area contributed by atoms with Crippen LogP contribution < -0.4 is 9.64 Å². The zero-order valence-electron chi connectivity index (χ0n) is 15.9. The first-order valence-electron chi connectivity index (χ1n) is 9.02. The van der Waals surface area contributed by atoms with Gasteiger partial charge in [-0.05, 0) is 49.2 Å². The molecular weight excluding hydrogens is 382 g/mol. The standard InChI is InChI=1S/C20H22ClN3O4/c1-14-11-18(12-15(2)20(14)21)28-13-19(25)23-9-7-22(8-10-23)16-3-5-17(6-4-16)24(26)27/h3-6,11-12H,7-10,13H2,1-2H3. The van der Waals surface area contributed by atoms with E-state index >= 15 is 0 Å². The molecule has 1 aliphatic heterocycles. The summed E-state index contributed by atoms with van der Waals surface area (Å²) in [5.74, 6) is 0.575. The Kier molecular flexibility index (Phi) is 6.04. The number of anilines is 1. The number of nitrogens with zero attached hydrogens (tertiary/aromatic N) is 3. The molecule has 1 saturated heterocycles. The maximum absolute atomic E-state index is 12.5. The van der Waals surface area contributed by atoms with Crippen LogP contribution in [0.3, 0.4) is 0 Å². The number of amides is 1. The molecule has 3 rings (SSSR count). The van der Waals surface area contributed by atoms with Gasteiger partial charge in [-0.25, -0.2) is 0 Å². The van der Waals surface area contributed by atoms with E-state index < -0.39 is 4.92 Å². The molecule has 0 radical (unpaired) electrons. The van der Waals surface area contributed by atoms with Gasteiger partial charge in [0.1, 0.15) is 5.75 Å². The quantitative estimate of drug-likeness (QED) is 0.563. The maximum Gasteiger partial charge on any atom is 0.269 e. The highest BCUT2D eigenvalue weighted by atomic mass is 35.5. The van der Waals surface area contributed by atoms with Gasteiger partial charge in [-0.15, -0.1) is 0 Å². The van der Waals surface area contributed by atoms with E-state index in [1.165, 1.54) is 12.1 Å². The van der Waals surface area contributed by atoms with Crippen molar-refractivity contribution in [2.24, 2.45) is 0 Å². The molecule has 0 aromatic heterocycles. The summed E-state index contributed by atoms with van der Waals surface area (Å²) < 4.78 is 5.66. The molecule has 1 fully saturated rings. The molecule has 0 bridgehead atoms. The summed E-state index contributed by atoms with van der Waals surface area (Å²) in [6, 6.07) is 10.1. The van der Waals surface area contributed by atoms with E-state index in [1.807, 2.05) is 26.0 Å². The highest BCUT2D eigenvalue weighted by Crippen LogP contribution is 2.26. The van der Waals surface area contributed by atoms with Crippen molar-refractivity contribution in [2.75, 3.05) is 37.7 Å². The zero-order chi connectivity index (χ0) is 20.3. The van der Waals surface area contributed by atoms with Gasteiger partial charge in [0.05, 0.1) is 4.92 Å². The molecule has 8 heteroatoms. The van der Waals surface area contributed by atoms with Crippen LogP contribution in [0.2, 0.25) is 5.02 Å². The van der Waals surface area contributed by atoms with E-state index in [4.69, 9.17) is 16.3 Å². The van der Waals surface area contributed by atoms with Gasteiger partial charge in [-0.2, -0.15) is 0 Å². The molecular formula is C20H22ClN3O4. The van der Waals surface area contributed by atoms with E-state index in [0.29, 0.717) is 37.0 Å². The number of aryl methyl sites for hydroxylation is 2. The van der Waals surface area contributed by atoms with Crippen molar-refractivity contribution in [3.05, 3.63) is 62.7 Å². The van der Waals surface area contributed by atoms with Crippen LogP contribution in [-0.4, -0.2) is 48.5 Å². The second kappa shape index (κ2) is 8.48. The topological polar surface area (TPSA) is 75.9 Å². The van der Waals surface area contributed by atoms with Crippen molar-refractivity contribution >= 4 is 28.9 Å². The second-order valence-electron chi connectivity index (χ2n) is 6.80. The summed E-state index contributed by atoms with van der Waals surface area (Å²) in [7, 11) is 0. The fraction of sp³-hybridized carbons (Fsp3) is 0.350. The minimum atomic E-state index is -0.413. The highest BCUT2D eigenvalue weighted by molar-refractivity contribution is 6.32. The first kappa shape index (κ1) is 19.9. The largest absolute Gasteiger partial charge is 0.484 e. The number of ether oxygens (including phenoxy) is 1. The minimum Gasteiger partial charge on any atom is -0.484 e. The number of hydrogen-bond acceptors (Lipinski definition) is 5. The van der Waals surface area contributed by atoms with Gasteiger partial charge in [0.15, 0.2) is 6.61 Å². The first-order chi connectivity index (χ1) is 13.3. The smallest absolute Gasteiger partial charge is 0.269 e. The molecule has 7 nitrogen and oxygen atoms in total. The fourth-order valence-electron chi connectivity index (χ4n) is 3.23. The summed E-state index contributed by atoms with van der Waals surface area (Å²) in [6.07, 6.45) is 0. The molecule has 0 spiro atoms. The van der Waals surface area contributed by atoms with E-state index in [2.05, 4.69) is 4.90 Å². The molecule has 0 unspecified atom stereocenters. The van der Waals surface area contributed by atoms with Crippen molar-refractivity contribution < 1.29 is 14.5 Å². The highest BCUT2D eigenvalue weighted by Gasteiger charge is 2.22. The molecule has 0 N–H and O–H groups in total. The third-order valence-corrected chi connectivity index (χ3v) is 5.43. The molecule has 0 aliphatic carbocycles. The van der Waals surface area contributed by atoms with E-state index in [-0.39, 0.29) is 18.2 Å². The van der Waals surface area contributed by atoms with Crippen LogP contribution in [-0.2, 0) is 4.79 Å². The van der Waals surface area contributed by atoms with Crippen LogP contribution >= 0.6 is 11.6 Å². The molecule has 148 valence electrons. The lowest BCUT2D eigenvalue weighted by Gasteiger charge is -2.36. The number of nitro benzene ring substituents is 1. The first-order valence-corrected chi connectivity index (χ1v) is 9.39. The summed E-state index contributed by atoms with van der Waals surface area (Å²) >= 11 is 6.15. The molecule has 0 atom stereocenters. The zero-order valence-corrected chi connectivity index (χ0v) is 16.6. The number of non-ortho nitro benzene ring substituents is 1. The Labute approximate surface area is 168 Å². The molecule has 1 aliphatic rings. The Morgan fingerprint density at radius 1 is 1.11 bits per heavy atom. The second-order valence-corrected chi connectivity index (χ2v) is 7.18. The van der Waals surface area contributed by atoms with Crippen molar-refractivity contribution in [2.45, 2.75) is 13.8 Å². The third-order valence-electron chi connectivity index (χ3n) is 4.83. The Bertz CT molecular complexity index is 855. The molecule has 1 amide bonds. The Hall–Kier alpha value is -2.80. The Morgan fingerprint density at radius 2 is 1.68 bits per heavy atom. The van der Waals surface area contributed by atoms with E-state index in [0.717, 1.165) is 16.8 Å². The monoisotopic (exact) mass is 403 g/mol. The third kappa shape index (κ3) is 4.54. The predicted molar refractivity (Wildman–Crippen MR) is 108 cm³/mol. The number of hydrogen-bond donors (Lipinski definition) is 0. The maximum atomic E-state index is 12.5. The molecule has 2 aromatic carbocycles. The average Bonchev–Trinajstić information content (AvgIpc) is 2.70. The fourth-order valence-corrected chi connectivity index (χ4v) is 3.33. The normalized spacial score (nSPS) is 14.1. The van der Waals surface area contributed by atoms with Crippen LogP contribution in [0.1, 0.15) is 11.1 Å². The van der Waals surface area contributed by atoms with E-state index in [1.54, 1.807) is 17.0 Å². The lowest BCUT2D eigenvalue weighted by molar-refractivity contribution is -0.384. The van der Waals surface area contributed by atoms with Crippen LogP contribution in [0.4, 0.5) is 11.4 Å². The van der Waals surface area contributed by atoms with Crippen molar-refractivity contribution in [1.29, 1.82) is 0 Å². The van der Waals surface area contributed by atoms with Gasteiger partial charge in [-0.3, -0.25) is 14.9 Å². The average molecular weight is 404 g/mol. The van der Waals surface area contributed by atoms with Crippen molar-refractivity contribution in [3.63, 3.8) is 0 Å². The van der Waals surface area contributed by atoms with Gasteiger partial charge in [0, 0.05) is 49.0 Å². The van der Waals surface area contributed by atoms with Crippen molar-refractivity contribution in [3.8, 4) is 5.75 Å². The van der Waals surface area contributed by atoms with Crippen LogP contribution in [0.25, 0.3) is 0 Å². The molecule has 1 heterocycles. The number of carbonyl (C=O) groups excluding carboxylic acids is 1.